The minimum Gasteiger partial charge on any atom is -0.308 e. The normalized spacial score (nSPS) is 19.0. The molecule has 6 nitrogen and oxygen atoms in total. The zero-order valence-electron chi connectivity index (χ0n) is 13.2. The minimum atomic E-state index is -0.0331. The molecule has 1 aliphatic heterocycles. The third kappa shape index (κ3) is 2.70. The van der Waals surface area contributed by atoms with Crippen LogP contribution in [0.4, 0.5) is 0 Å². The highest BCUT2D eigenvalue weighted by molar-refractivity contribution is 7.17. The van der Waals surface area contributed by atoms with Crippen LogP contribution in [0.5, 0.6) is 0 Å². The van der Waals surface area contributed by atoms with E-state index in [1.165, 1.54) is 17.0 Å². The van der Waals surface area contributed by atoms with Gasteiger partial charge in [-0.05, 0) is 37.8 Å². The van der Waals surface area contributed by atoms with Crippen molar-refractivity contribution in [1.82, 2.24) is 24.6 Å². The van der Waals surface area contributed by atoms with Gasteiger partial charge in [0.05, 0.1) is 23.8 Å². The molecule has 120 valence electrons. The van der Waals surface area contributed by atoms with Crippen molar-refractivity contribution in [1.29, 1.82) is 0 Å². The average Bonchev–Trinajstić information content (AvgIpc) is 3.19. The Balaban J connectivity index is 1.51. The zero-order valence-corrected chi connectivity index (χ0v) is 14.1. The maximum absolute atomic E-state index is 12.0. The topological polar surface area (TPSA) is 66.8 Å². The number of aromatic amines is 1. The van der Waals surface area contributed by atoms with E-state index in [0.29, 0.717) is 17.3 Å². The summed E-state index contributed by atoms with van der Waals surface area (Å²) in [5.74, 6) is 0.745. The Morgan fingerprint density at radius 2 is 2.30 bits per heavy atom. The van der Waals surface area contributed by atoms with Crippen molar-refractivity contribution in [2.75, 3.05) is 13.1 Å². The fourth-order valence-electron chi connectivity index (χ4n) is 3.38. The van der Waals surface area contributed by atoms with Crippen molar-refractivity contribution >= 4 is 21.6 Å². The molecule has 1 aliphatic rings. The van der Waals surface area contributed by atoms with Gasteiger partial charge in [0, 0.05) is 18.8 Å². The summed E-state index contributed by atoms with van der Waals surface area (Å²) in [7, 11) is 0. The molecule has 3 aromatic rings. The summed E-state index contributed by atoms with van der Waals surface area (Å²) in [5.41, 5.74) is 3.03. The van der Waals surface area contributed by atoms with Gasteiger partial charge in [0.25, 0.3) is 5.56 Å². The molecule has 7 heteroatoms. The molecule has 0 amide bonds. The monoisotopic (exact) mass is 329 g/mol. The van der Waals surface area contributed by atoms with Gasteiger partial charge in [0.1, 0.15) is 10.5 Å². The number of nitrogens with zero attached hydrogens (tertiary/aromatic N) is 4. The van der Waals surface area contributed by atoms with Crippen molar-refractivity contribution in [3.63, 3.8) is 0 Å². The predicted molar refractivity (Wildman–Crippen MR) is 90.9 cm³/mol. The van der Waals surface area contributed by atoms with E-state index in [0.717, 1.165) is 36.5 Å². The van der Waals surface area contributed by atoms with Gasteiger partial charge in [-0.1, -0.05) is 0 Å². The fraction of sp³-hybridized carbons (Fsp3) is 0.438. The third-order valence-corrected chi connectivity index (χ3v) is 5.28. The smallest absolute Gasteiger partial charge is 0.268 e. The average molecular weight is 329 g/mol. The molecule has 0 saturated carbocycles. The van der Waals surface area contributed by atoms with E-state index in [-0.39, 0.29) is 5.56 Å². The zero-order chi connectivity index (χ0) is 16.0. The van der Waals surface area contributed by atoms with E-state index in [1.54, 1.807) is 0 Å². The molecule has 0 aliphatic carbocycles. The number of hydrogen-bond donors (Lipinski definition) is 1. The van der Waals surface area contributed by atoms with E-state index in [1.807, 2.05) is 18.4 Å². The lowest BCUT2D eigenvalue weighted by molar-refractivity contribution is 0.303. The molecule has 0 aromatic carbocycles. The molecule has 0 spiro atoms. The molecular formula is C16H19N5OS. The predicted octanol–water partition coefficient (Wildman–Crippen LogP) is 2.24. The van der Waals surface area contributed by atoms with Crippen LogP contribution in [0.25, 0.3) is 10.2 Å². The second-order valence-corrected chi connectivity index (χ2v) is 7.11. The molecule has 4 heterocycles. The van der Waals surface area contributed by atoms with E-state index in [2.05, 4.69) is 37.6 Å². The van der Waals surface area contributed by atoms with E-state index in [9.17, 15) is 4.79 Å². The number of aryl methyl sites for hydroxylation is 2. The van der Waals surface area contributed by atoms with E-state index >= 15 is 0 Å². The van der Waals surface area contributed by atoms with E-state index < -0.39 is 0 Å². The first-order chi connectivity index (χ1) is 11.1. The summed E-state index contributed by atoms with van der Waals surface area (Å²) >= 11 is 1.44. The molecular weight excluding hydrogens is 310 g/mol. The summed E-state index contributed by atoms with van der Waals surface area (Å²) < 4.78 is 2.84. The Kier molecular flexibility index (Phi) is 3.54. The first-order valence-corrected chi connectivity index (χ1v) is 8.69. The van der Waals surface area contributed by atoms with Crippen LogP contribution in [0.1, 0.15) is 29.7 Å². The summed E-state index contributed by atoms with van der Waals surface area (Å²) in [6.07, 6.45) is 1.08. The van der Waals surface area contributed by atoms with Crippen LogP contribution in [0.15, 0.2) is 22.3 Å². The van der Waals surface area contributed by atoms with Crippen molar-refractivity contribution < 1.29 is 0 Å². The van der Waals surface area contributed by atoms with Gasteiger partial charge in [0.15, 0.2) is 0 Å². The number of H-pyrrole nitrogens is 1. The number of likely N-dealkylation sites (tertiary alicyclic amines) is 1. The van der Waals surface area contributed by atoms with Gasteiger partial charge in [-0.15, -0.1) is 11.3 Å². The molecule has 1 saturated heterocycles. The Bertz CT molecular complexity index is 909. The number of thiophene rings is 1. The quantitative estimate of drug-likeness (QED) is 0.800. The maximum atomic E-state index is 12.0. The van der Waals surface area contributed by atoms with Crippen molar-refractivity contribution in [3.8, 4) is 0 Å². The number of rotatable bonds is 3. The van der Waals surface area contributed by atoms with E-state index in [4.69, 9.17) is 0 Å². The van der Waals surface area contributed by atoms with Crippen molar-refractivity contribution in [3.05, 3.63) is 45.1 Å². The van der Waals surface area contributed by atoms with Crippen LogP contribution < -0.4 is 5.56 Å². The van der Waals surface area contributed by atoms with Crippen LogP contribution in [0, 0.1) is 13.8 Å². The number of aromatic nitrogens is 4. The lowest BCUT2D eigenvalue weighted by atomic mass is 10.2. The summed E-state index contributed by atoms with van der Waals surface area (Å²) in [5, 5.41) is 6.51. The first kappa shape index (κ1) is 14.6. The third-order valence-electron chi connectivity index (χ3n) is 4.38. The number of nitrogens with one attached hydrogen (secondary N) is 1. The molecule has 0 radical (unpaired) electrons. The molecule has 3 aromatic heterocycles. The lowest BCUT2D eigenvalue weighted by Gasteiger charge is -2.16. The highest BCUT2D eigenvalue weighted by atomic mass is 32.1. The van der Waals surface area contributed by atoms with Gasteiger partial charge in [0.2, 0.25) is 0 Å². The summed E-state index contributed by atoms with van der Waals surface area (Å²) in [6, 6.07) is 4.42. The standard InChI is InChI=1S/C16H19N5OS/c1-10-7-11(2)21(19-10)12-3-5-20(8-12)9-14-17-13-4-6-23-15(13)16(22)18-14/h4,6-7,12H,3,5,8-9H2,1-2H3,(H,17,18,22). The Morgan fingerprint density at radius 1 is 1.43 bits per heavy atom. The summed E-state index contributed by atoms with van der Waals surface area (Å²) in [6.45, 7) is 6.74. The second-order valence-electron chi connectivity index (χ2n) is 6.20. The Morgan fingerprint density at radius 3 is 3.09 bits per heavy atom. The van der Waals surface area contributed by atoms with Gasteiger partial charge < -0.3 is 4.98 Å². The first-order valence-electron chi connectivity index (χ1n) is 7.81. The largest absolute Gasteiger partial charge is 0.308 e. The summed E-state index contributed by atoms with van der Waals surface area (Å²) in [4.78, 5) is 21.9. The Labute approximate surface area is 137 Å². The molecule has 4 rings (SSSR count). The molecule has 1 atom stereocenters. The molecule has 1 fully saturated rings. The number of hydrogen-bond acceptors (Lipinski definition) is 5. The lowest BCUT2D eigenvalue weighted by Crippen LogP contribution is -2.24. The van der Waals surface area contributed by atoms with Crippen LogP contribution in [0.2, 0.25) is 0 Å². The van der Waals surface area contributed by atoms with Crippen LogP contribution in [0.3, 0.4) is 0 Å². The number of fused-ring (bicyclic) bond motifs is 1. The molecule has 1 unspecified atom stereocenters. The van der Waals surface area contributed by atoms with Crippen LogP contribution in [-0.2, 0) is 6.54 Å². The molecule has 1 N–H and O–H groups in total. The molecule has 0 bridgehead atoms. The SMILES string of the molecule is Cc1cc(C)n(C2CCN(Cc3nc4ccsc4c(=O)[nH]3)C2)n1. The highest BCUT2D eigenvalue weighted by Crippen LogP contribution is 2.24. The fourth-order valence-corrected chi connectivity index (χ4v) is 4.11. The van der Waals surface area contributed by atoms with Gasteiger partial charge >= 0.3 is 0 Å². The van der Waals surface area contributed by atoms with Gasteiger partial charge in [-0.3, -0.25) is 14.4 Å². The maximum Gasteiger partial charge on any atom is 0.268 e. The Hall–Kier alpha value is -1.99. The molecule has 23 heavy (non-hydrogen) atoms. The van der Waals surface area contributed by atoms with Crippen LogP contribution in [-0.4, -0.2) is 37.7 Å². The highest BCUT2D eigenvalue weighted by Gasteiger charge is 2.26. The van der Waals surface area contributed by atoms with Crippen molar-refractivity contribution in [2.45, 2.75) is 32.9 Å². The van der Waals surface area contributed by atoms with Gasteiger partial charge in [-0.2, -0.15) is 5.10 Å². The van der Waals surface area contributed by atoms with Gasteiger partial charge in [-0.25, -0.2) is 4.98 Å². The van der Waals surface area contributed by atoms with Crippen molar-refractivity contribution in [2.24, 2.45) is 0 Å². The second kappa shape index (κ2) is 5.58. The van der Waals surface area contributed by atoms with Crippen LogP contribution >= 0.6 is 11.3 Å². The minimum absolute atomic E-state index is 0.0331.